The minimum Gasteiger partial charge on any atom is -0.475 e. The third-order valence-electron chi connectivity index (χ3n) is 3.17. The standard InChI is InChI=1S/C12H22O3/c1-8(2)7-12(6,11(3,4)5)9(13)10(14)15/h8H,7H2,1-6H3,(H,14,15). The van der Waals surface area contributed by atoms with Crippen LogP contribution in [0.15, 0.2) is 0 Å². The SMILES string of the molecule is CC(C)CC(C)(C(=O)C(=O)O)C(C)(C)C. The van der Waals surface area contributed by atoms with Crippen LogP contribution in [-0.2, 0) is 9.59 Å². The third-order valence-corrected chi connectivity index (χ3v) is 3.17. The predicted octanol–water partition coefficient (Wildman–Crippen LogP) is 2.74. The summed E-state index contributed by atoms with van der Waals surface area (Å²) < 4.78 is 0. The highest BCUT2D eigenvalue weighted by molar-refractivity contribution is 6.35. The molecule has 0 aromatic heterocycles. The number of aliphatic carboxylic acids is 1. The number of Topliss-reactive ketones (excluding diaryl/α,β-unsaturated/α-hetero) is 1. The van der Waals surface area contributed by atoms with Crippen molar-refractivity contribution in [2.45, 2.75) is 48.0 Å². The van der Waals surface area contributed by atoms with Gasteiger partial charge in [0.25, 0.3) is 0 Å². The summed E-state index contributed by atoms with van der Waals surface area (Å²) in [4.78, 5) is 22.6. The van der Waals surface area contributed by atoms with Crippen LogP contribution < -0.4 is 0 Å². The lowest BCUT2D eigenvalue weighted by Crippen LogP contribution is -2.45. The van der Waals surface area contributed by atoms with Gasteiger partial charge in [-0.1, -0.05) is 41.5 Å². The molecule has 0 rings (SSSR count). The fraction of sp³-hybridized carbons (Fsp3) is 0.833. The molecule has 3 heteroatoms. The lowest BCUT2D eigenvalue weighted by Gasteiger charge is -2.40. The van der Waals surface area contributed by atoms with Gasteiger partial charge in [-0.15, -0.1) is 0 Å². The minimum atomic E-state index is -1.33. The first-order valence-electron chi connectivity index (χ1n) is 5.30. The summed E-state index contributed by atoms with van der Waals surface area (Å²) in [5.41, 5.74) is -1.14. The summed E-state index contributed by atoms with van der Waals surface area (Å²) >= 11 is 0. The summed E-state index contributed by atoms with van der Waals surface area (Å²) in [5, 5.41) is 8.84. The van der Waals surface area contributed by atoms with Gasteiger partial charge in [0, 0.05) is 5.41 Å². The first-order valence-corrected chi connectivity index (χ1v) is 5.30. The van der Waals surface area contributed by atoms with Gasteiger partial charge in [0.1, 0.15) is 0 Å². The quantitative estimate of drug-likeness (QED) is 0.732. The molecule has 88 valence electrons. The number of hydrogen-bond acceptors (Lipinski definition) is 2. The Balaban J connectivity index is 5.21. The average Bonchev–Trinajstić information content (AvgIpc) is 1.99. The van der Waals surface area contributed by atoms with E-state index in [1.807, 2.05) is 34.6 Å². The van der Waals surface area contributed by atoms with E-state index in [-0.39, 0.29) is 5.41 Å². The highest BCUT2D eigenvalue weighted by Gasteiger charge is 2.47. The van der Waals surface area contributed by atoms with Crippen molar-refractivity contribution in [2.75, 3.05) is 0 Å². The molecule has 0 aromatic carbocycles. The van der Waals surface area contributed by atoms with Crippen LogP contribution in [0.3, 0.4) is 0 Å². The van der Waals surface area contributed by atoms with Crippen molar-refractivity contribution in [3.63, 3.8) is 0 Å². The van der Waals surface area contributed by atoms with Gasteiger partial charge in [-0.3, -0.25) is 4.79 Å². The first-order chi connectivity index (χ1) is 6.52. The van der Waals surface area contributed by atoms with E-state index in [0.717, 1.165) is 0 Å². The average molecular weight is 214 g/mol. The van der Waals surface area contributed by atoms with Crippen LogP contribution in [0.1, 0.15) is 48.0 Å². The summed E-state index contributed by atoms with van der Waals surface area (Å²) in [6.07, 6.45) is 0.599. The highest BCUT2D eigenvalue weighted by Crippen LogP contribution is 2.44. The van der Waals surface area contributed by atoms with Gasteiger partial charge < -0.3 is 5.11 Å². The molecule has 0 heterocycles. The fourth-order valence-corrected chi connectivity index (χ4v) is 1.79. The van der Waals surface area contributed by atoms with Crippen molar-refractivity contribution in [1.82, 2.24) is 0 Å². The maximum atomic E-state index is 11.7. The number of rotatable bonds is 4. The molecule has 1 unspecified atom stereocenters. The molecule has 0 saturated carbocycles. The lowest BCUT2D eigenvalue weighted by molar-refractivity contribution is -0.158. The molecular weight excluding hydrogens is 192 g/mol. The first kappa shape index (κ1) is 14.1. The molecule has 0 aliphatic rings. The molecular formula is C12H22O3. The molecule has 0 amide bonds. The predicted molar refractivity (Wildman–Crippen MR) is 59.7 cm³/mol. The number of hydrogen-bond donors (Lipinski definition) is 1. The largest absolute Gasteiger partial charge is 0.475 e. The number of carboxylic acid groups (broad SMARTS) is 1. The van der Waals surface area contributed by atoms with Crippen LogP contribution in [0.25, 0.3) is 0 Å². The minimum absolute atomic E-state index is 0.303. The van der Waals surface area contributed by atoms with E-state index in [0.29, 0.717) is 12.3 Å². The van der Waals surface area contributed by atoms with Gasteiger partial charge in [0.15, 0.2) is 0 Å². The smallest absolute Gasteiger partial charge is 0.372 e. The second kappa shape index (κ2) is 4.33. The Hall–Kier alpha value is -0.860. The molecule has 0 aliphatic heterocycles. The Morgan fingerprint density at radius 1 is 1.13 bits per heavy atom. The summed E-state index contributed by atoms with van der Waals surface area (Å²) in [6.45, 7) is 11.5. The molecule has 15 heavy (non-hydrogen) atoms. The molecule has 0 fully saturated rings. The second-order valence-corrected chi connectivity index (χ2v) is 5.81. The Bertz CT molecular complexity index is 261. The van der Waals surface area contributed by atoms with E-state index in [1.165, 1.54) is 0 Å². The van der Waals surface area contributed by atoms with Gasteiger partial charge in [0.05, 0.1) is 0 Å². The number of ketones is 1. The van der Waals surface area contributed by atoms with Gasteiger partial charge >= 0.3 is 5.97 Å². The molecule has 0 bridgehead atoms. The number of carboxylic acids is 1. The lowest BCUT2D eigenvalue weighted by atomic mass is 9.62. The van der Waals surface area contributed by atoms with Crippen molar-refractivity contribution in [3.8, 4) is 0 Å². The van der Waals surface area contributed by atoms with Crippen LogP contribution in [0.4, 0.5) is 0 Å². The number of carbonyl (C=O) groups is 2. The Morgan fingerprint density at radius 2 is 1.53 bits per heavy atom. The Labute approximate surface area is 91.9 Å². The summed E-state index contributed by atoms with van der Waals surface area (Å²) in [7, 11) is 0. The van der Waals surface area contributed by atoms with Crippen molar-refractivity contribution in [3.05, 3.63) is 0 Å². The van der Waals surface area contributed by atoms with Crippen LogP contribution in [0, 0.1) is 16.7 Å². The van der Waals surface area contributed by atoms with E-state index in [9.17, 15) is 9.59 Å². The van der Waals surface area contributed by atoms with Gasteiger partial charge in [-0.25, -0.2) is 4.79 Å². The maximum absolute atomic E-state index is 11.7. The Kier molecular flexibility index (Phi) is 4.08. The topological polar surface area (TPSA) is 54.4 Å². The van der Waals surface area contributed by atoms with Crippen LogP contribution in [0.5, 0.6) is 0 Å². The normalized spacial score (nSPS) is 16.2. The van der Waals surface area contributed by atoms with E-state index in [4.69, 9.17) is 5.11 Å². The van der Waals surface area contributed by atoms with Crippen molar-refractivity contribution in [1.29, 1.82) is 0 Å². The highest BCUT2D eigenvalue weighted by atomic mass is 16.4. The molecule has 0 aromatic rings. The van der Waals surface area contributed by atoms with Gasteiger partial charge in [-0.2, -0.15) is 0 Å². The molecule has 3 nitrogen and oxygen atoms in total. The number of carbonyl (C=O) groups excluding carboxylic acids is 1. The molecule has 0 radical (unpaired) electrons. The van der Waals surface area contributed by atoms with Crippen molar-refractivity contribution < 1.29 is 14.7 Å². The van der Waals surface area contributed by atoms with Crippen molar-refractivity contribution in [2.24, 2.45) is 16.7 Å². The van der Waals surface area contributed by atoms with Gasteiger partial charge in [0.2, 0.25) is 5.78 Å². The van der Waals surface area contributed by atoms with E-state index in [2.05, 4.69) is 0 Å². The van der Waals surface area contributed by atoms with Crippen LogP contribution >= 0.6 is 0 Å². The second-order valence-electron chi connectivity index (χ2n) is 5.81. The van der Waals surface area contributed by atoms with E-state index < -0.39 is 17.2 Å². The van der Waals surface area contributed by atoms with Crippen molar-refractivity contribution >= 4 is 11.8 Å². The van der Waals surface area contributed by atoms with E-state index in [1.54, 1.807) is 6.92 Å². The van der Waals surface area contributed by atoms with Crippen LogP contribution in [0.2, 0.25) is 0 Å². The van der Waals surface area contributed by atoms with Crippen LogP contribution in [-0.4, -0.2) is 16.9 Å². The monoisotopic (exact) mass is 214 g/mol. The summed E-state index contributed by atoms with van der Waals surface area (Å²) in [5.74, 6) is -1.70. The molecule has 1 N–H and O–H groups in total. The molecule has 0 aliphatic carbocycles. The van der Waals surface area contributed by atoms with E-state index >= 15 is 0 Å². The zero-order valence-electron chi connectivity index (χ0n) is 10.5. The maximum Gasteiger partial charge on any atom is 0.372 e. The third kappa shape index (κ3) is 3.05. The van der Waals surface area contributed by atoms with Gasteiger partial charge in [-0.05, 0) is 17.8 Å². The Morgan fingerprint density at radius 3 is 1.73 bits per heavy atom. The zero-order chi connectivity index (χ0) is 12.4. The molecule has 0 spiro atoms. The molecule has 1 atom stereocenters. The molecule has 0 saturated heterocycles. The summed E-state index contributed by atoms with van der Waals surface area (Å²) in [6, 6.07) is 0. The fourth-order valence-electron chi connectivity index (χ4n) is 1.79. The zero-order valence-corrected chi connectivity index (χ0v) is 10.5.